The number of ether oxygens (including phenoxy) is 1. The van der Waals surface area contributed by atoms with Crippen LogP contribution in [0.3, 0.4) is 0 Å². The fourth-order valence-electron chi connectivity index (χ4n) is 1.42. The Hall–Kier alpha value is -1.52. The van der Waals surface area contributed by atoms with E-state index < -0.39 is 5.97 Å². The Morgan fingerprint density at radius 2 is 2.12 bits per heavy atom. The van der Waals surface area contributed by atoms with Crippen LogP contribution in [0.15, 0.2) is 30.3 Å². The summed E-state index contributed by atoms with van der Waals surface area (Å²) in [5, 5.41) is 9.44. The monoisotopic (exact) mass is 268 g/mol. The number of carbonyl (C=O) groups is 1. The smallest absolute Gasteiger partial charge is 0.345 e. The summed E-state index contributed by atoms with van der Waals surface area (Å²) < 4.78 is 5.12. The predicted octanol–water partition coefficient (Wildman–Crippen LogP) is 3.78. The molecule has 0 saturated carbocycles. The molecule has 2 aromatic rings. The summed E-state index contributed by atoms with van der Waals surface area (Å²) in [7, 11) is 1.57. The van der Waals surface area contributed by atoms with Crippen molar-refractivity contribution < 1.29 is 14.6 Å². The van der Waals surface area contributed by atoms with E-state index in [1.54, 1.807) is 37.4 Å². The van der Waals surface area contributed by atoms with Crippen molar-refractivity contribution in [3.05, 3.63) is 40.2 Å². The molecule has 0 bridgehead atoms. The highest BCUT2D eigenvalue weighted by Gasteiger charge is 2.11. The molecule has 0 aliphatic carbocycles. The van der Waals surface area contributed by atoms with Gasteiger partial charge in [-0.15, -0.1) is 11.3 Å². The number of benzene rings is 1. The molecule has 0 fully saturated rings. The molecule has 1 aromatic heterocycles. The first-order valence-corrected chi connectivity index (χ1v) is 5.98. The zero-order valence-electron chi connectivity index (χ0n) is 8.94. The van der Waals surface area contributed by atoms with Crippen molar-refractivity contribution in [1.29, 1.82) is 0 Å². The van der Waals surface area contributed by atoms with Crippen LogP contribution in [0.4, 0.5) is 0 Å². The van der Waals surface area contributed by atoms with Crippen LogP contribution in [-0.4, -0.2) is 18.2 Å². The molecule has 0 aliphatic heterocycles. The van der Waals surface area contributed by atoms with Crippen molar-refractivity contribution >= 4 is 28.9 Å². The van der Waals surface area contributed by atoms with E-state index in [0.29, 0.717) is 15.6 Å². The number of aromatic carboxylic acids is 1. The van der Waals surface area contributed by atoms with E-state index in [0.717, 1.165) is 10.4 Å². The zero-order valence-corrected chi connectivity index (χ0v) is 10.5. The van der Waals surface area contributed by atoms with Gasteiger partial charge in [0.15, 0.2) is 0 Å². The zero-order chi connectivity index (χ0) is 12.4. The van der Waals surface area contributed by atoms with Gasteiger partial charge in [-0.05, 0) is 30.3 Å². The van der Waals surface area contributed by atoms with Crippen LogP contribution in [0.2, 0.25) is 5.02 Å². The number of thiophene rings is 1. The average Bonchev–Trinajstić information content (AvgIpc) is 2.79. The molecule has 88 valence electrons. The lowest BCUT2D eigenvalue weighted by Gasteiger charge is -2.04. The second kappa shape index (κ2) is 4.77. The Bertz CT molecular complexity index is 563. The topological polar surface area (TPSA) is 46.5 Å². The lowest BCUT2D eigenvalue weighted by atomic mass is 10.2. The SMILES string of the molecule is COc1ccc(Cl)c(-c2ccc(C(=O)O)s2)c1. The lowest BCUT2D eigenvalue weighted by Crippen LogP contribution is -1.89. The summed E-state index contributed by atoms with van der Waals surface area (Å²) in [5.74, 6) is -0.241. The van der Waals surface area contributed by atoms with Gasteiger partial charge < -0.3 is 9.84 Å². The molecule has 3 nitrogen and oxygen atoms in total. The number of hydrogen-bond acceptors (Lipinski definition) is 3. The van der Waals surface area contributed by atoms with Crippen molar-refractivity contribution in [3.63, 3.8) is 0 Å². The molecular weight excluding hydrogens is 260 g/mol. The van der Waals surface area contributed by atoms with Gasteiger partial charge in [-0.25, -0.2) is 4.79 Å². The molecule has 0 radical (unpaired) electrons. The summed E-state index contributed by atoms with van der Waals surface area (Å²) in [6.07, 6.45) is 0. The molecule has 1 heterocycles. The normalized spacial score (nSPS) is 10.2. The van der Waals surface area contributed by atoms with Crippen LogP contribution in [-0.2, 0) is 0 Å². The first-order chi connectivity index (χ1) is 8.11. The van der Waals surface area contributed by atoms with Crippen LogP contribution < -0.4 is 4.74 Å². The highest BCUT2D eigenvalue weighted by atomic mass is 35.5. The minimum Gasteiger partial charge on any atom is -0.497 e. The molecule has 1 N–H and O–H groups in total. The van der Waals surface area contributed by atoms with E-state index in [9.17, 15) is 4.79 Å². The fourth-order valence-corrected chi connectivity index (χ4v) is 2.57. The predicted molar refractivity (Wildman–Crippen MR) is 68.3 cm³/mol. The standard InChI is InChI=1S/C12H9ClO3S/c1-16-7-2-3-9(13)8(6-7)10-4-5-11(17-10)12(14)15/h2-6H,1H3,(H,14,15). The van der Waals surface area contributed by atoms with Gasteiger partial charge in [-0.3, -0.25) is 0 Å². The Balaban J connectivity index is 2.47. The number of rotatable bonds is 3. The maximum absolute atomic E-state index is 10.8. The van der Waals surface area contributed by atoms with Gasteiger partial charge in [-0.2, -0.15) is 0 Å². The highest BCUT2D eigenvalue weighted by molar-refractivity contribution is 7.17. The number of halogens is 1. The van der Waals surface area contributed by atoms with Crippen LogP contribution in [0.1, 0.15) is 9.67 Å². The summed E-state index contributed by atoms with van der Waals surface area (Å²) >= 11 is 7.27. The molecule has 0 spiro atoms. The Kier molecular flexibility index (Phi) is 3.36. The number of methoxy groups -OCH3 is 1. The van der Waals surface area contributed by atoms with Gasteiger partial charge in [0.25, 0.3) is 0 Å². The third-order valence-electron chi connectivity index (χ3n) is 2.26. The molecule has 5 heteroatoms. The number of carboxylic acid groups (broad SMARTS) is 1. The minimum atomic E-state index is -0.930. The van der Waals surface area contributed by atoms with E-state index in [2.05, 4.69) is 0 Å². The van der Waals surface area contributed by atoms with Crippen molar-refractivity contribution in [2.24, 2.45) is 0 Å². The third-order valence-corrected chi connectivity index (χ3v) is 3.69. The van der Waals surface area contributed by atoms with Gasteiger partial charge >= 0.3 is 5.97 Å². The summed E-state index contributed by atoms with van der Waals surface area (Å²) in [5.41, 5.74) is 0.781. The summed E-state index contributed by atoms with van der Waals surface area (Å²) in [6, 6.07) is 8.60. The van der Waals surface area contributed by atoms with Gasteiger partial charge in [0.1, 0.15) is 10.6 Å². The van der Waals surface area contributed by atoms with Gasteiger partial charge in [0.05, 0.1) is 7.11 Å². The van der Waals surface area contributed by atoms with Crippen LogP contribution >= 0.6 is 22.9 Å². The highest BCUT2D eigenvalue weighted by Crippen LogP contribution is 2.35. The number of hydrogen-bond donors (Lipinski definition) is 1. The van der Waals surface area contributed by atoms with Crippen molar-refractivity contribution in [2.75, 3.05) is 7.11 Å². The second-order valence-corrected chi connectivity index (χ2v) is 4.81. The molecule has 1 aromatic carbocycles. The summed E-state index contributed by atoms with van der Waals surface area (Å²) in [6.45, 7) is 0. The van der Waals surface area contributed by atoms with Gasteiger partial charge in [0.2, 0.25) is 0 Å². The Morgan fingerprint density at radius 3 is 2.71 bits per heavy atom. The lowest BCUT2D eigenvalue weighted by molar-refractivity contribution is 0.0702. The quantitative estimate of drug-likeness (QED) is 0.922. The maximum atomic E-state index is 10.8. The van der Waals surface area contributed by atoms with Gasteiger partial charge in [-0.1, -0.05) is 11.6 Å². The first kappa shape index (κ1) is 12.0. The van der Waals surface area contributed by atoms with E-state index in [1.165, 1.54) is 11.3 Å². The summed E-state index contributed by atoms with van der Waals surface area (Å²) in [4.78, 5) is 11.9. The molecular formula is C12H9ClO3S. The molecule has 0 aliphatic rings. The molecule has 0 saturated heterocycles. The largest absolute Gasteiger partial charge is 0.497 e. The minimum absolute atomic E-state index is 0.291. The molecule has 2 rings (SSSR count). The van der Waals surface area contributed by atoms with E-state index in [4.69, 9.17) is 21.4 Å². The van der Waals surface area contributed by atoms with Crippen LogP contribution in [0.25, 0.3) is 10.4 Å². The van der Waals surface area contributed by atoms with Crippen molar-refractivity contribution in [2.45, 2.75) is 0 Å². The second-order valence-electron chi connectivity index (χ2n) is 3.31. The van der Waals surface area contributed by atoms with Crippen LogP contribution in [0, 0.1) is 0 Å². The van der Waals surface area contributed by atoms with Crippen LogP contribution in [0.5, 0.6) is 5.75 Å². The van der Waals surface area contributed by atoms with E-state index in [1.807, 2.05) is 0 Å². The molecule has 0 atom stereocenters. The van der Waals surface area contributed by atoms with E-state index >= 15 is 0 Å². The van der Waals surface area contributed by atoms with Crippen molar-refractivity contribution in [3.8, 4) is 16.2 Å². The molecule has 0 unspecified atom stereocenters. The third kappa shape index (κ3) is 2.43. The average molecular weight is 269 g/mol. The van der Waals surface area contributed by atoms with Gasteiger partial charge in [0, 0.05) is 15.5 Å². The number of carboxylic acids is 1. The van der Waals surface area contributed by atoms with Crippen molar-refractivity contribution in [1.82, 2.24) is 0 Å². The van der Waals surface area contributed by atoms with E-state index in [-0.39, 0.29) is 0 Å². The first-order valence-electron chi connectivity index (χ1n) is 4.79. The Morgan fingerprint density at radius 1 is 1.35 bits per heavy atom. The maximum Gasteiger partial charge on any atom is 0.345 e. The Labute approximate surface area is 107 Å². The fraction of sp³-hybridized carbons (Fsp3) is 0.0833. The molecule has 0 amide bonds. The molecule has 17 heavy (non-hydrogen) atoms.